The van der Waals surface area contributed by atoms with E-state index in [-0.39, 0.29) is 5.91 Å². The van der Waals surface area contributed by atoms with E-state index < -0.39 is 22.0 Å². The van der Waals surface area contributed by atoms with E-state index in [1.165, 1.54) is 7.05 Å². The second-order valence-electron chi connectivity index (χ2n) is 7.51. The number of nitrogens with one attached hydrogen (secondary N) is 1. The van der Waals surface area contributed by atoms with Crippen molar-refractivity contribution in [3.05, 3.63) is 65.7 Å². The molecule has 1 saturated heterocycles. The molecule has 2 aromatic rings. The maximum absolute atomic E-state index is 13.0. The van der Waals surface area contributed by atoms with Crippen molar-refractivity contribution in [3.8, 4) is 0 Å². The molecule has 0 saturated carbocycles. The number of anilines is 1. The number of carbonyl (C=O) groups is 2. The Bertz CT molecular complexity index is 985. The zero-order valence-corrected chi connectivity index (χ0v) is 18.1. The summed E-state index contributed by atoms with van der Waals surface area (Å²) in [5.74, 6) is -0.476. The van der Waals surface area contributed by atoms with Gasteiger partial charge in [0.2, 0.25) is 15.9 Å². The van der Waals surface area contributed by atoms with Crippen LogP contribution in [-0.2, 0) is 14.8 Å². The quantitative estimate of drug-likeness (QED) is 0.765. The fraction of sp³-hybridized carbons (Fsp3) is 0.364. The molecular formula is C22H27N3O4S. The van der Waals surface area contributed by atoms with Gasteiger partial charge in [0.15, 0.2) is 0 Å². The standard InChI is InChI=1S/C22H27N3O4S/c1-24(30(2,28)29)20(17-9-5-3-6-10-17)21(26)23-19-13-11-18(12-14-19)22(27)25-15-7-4-8-16-25/h3,5-6,9-14,20H,4,7-8,15-16H2,1-2H3,(H,23,26)/t20-/m1/s1. The molecule has 0 aliphatic carbocycles. The predicted molar refractivity (Wildman–Crippen MR) is 117 cm³/mol. The third-order valence-electron chi connectivity index (χ3n) is 5.29. The van der Waals surface area contributed by atoms with E-state index in [4.69, 9.17) is 0 Å². The summed E-state index contributed by atoms with van der Waals surface area (Å²) < 4.78 is 25.2. The number of amides is 2. The molecule has 3 rings (SSSR count). The topological polar surface area (TPSA) is 86.8 Å². The van der Waals surface area contributed by atoms with Crippen molar-refractivity contribution in [2.45, 2.75) is 25.3 Å². The molecule has 1 atom stereocenters. The van der Waals surface area contributed by atoms with Gasteiger partial charge in [-0.15, -0.1) is 0 Å². The van der Waals surface area contributed by atoms with E-state index >= 15 is 0 Å². The van der Waals surface area contributed by atoms with E-state index in [9.17, 15) is 18.0 Å². The molecular weight excluding hydrogens is 402 g/mol. The van der Waals surface area contributed by atoms with Crippen LogP contribution in [0.3, 0.4) is 0 Å². The SMILES string of the molecule is CN([C@@H](C(=O)Nc1ccc(C(=O)N2CCCCC2)cc1)c1ccccc1)S(C)(=O)=O. The monoisotopic (exact) mass is 429 g/mol. The van der Waals surface area contributed by atoms with Crippen LogP contribution in [0.4, 0.5) is 5.69 Å². The van der Waals surface area contributed by atoms with Gasteiger partial charge < -0.3 is 10.2 Å². The molecule has 7 nitrogen and oxygen atoms in total. The summed E-state index contributed by atoms with van der Waals surface area (Å²) in [7, 11) is -2.21. The second kappa shape index (κ2) is 9.40. The van der Waals surface area contributed by atoms with Crippen LogP contribution in [0.25, 0.3) is 0 Å². The Kier molecular flexibility index (Phi) is 6.89. The highest BCUT2D eigenvalue weighted by Crippen LogP contribution is 2.24. The smallest absolute Gasteiger partial charge is 0.253 e. The molecule has 1 fully saturated rings. The first-order chi connectivity index (χ1) is 14.3. The minimum Gasteiger partial charge on any atom is -0.339 e. The lowest BCUT2D eigenvalue weighted by Gasteiger charge is -2.27. The summed E-state index contributed by atoms with van der Waals surface area (Å²) in [6.45, 7) is 1.54. The summed E-state index contributed by atoms with van der Waals surface area (Å²) in [5.41, 5.74) is 1.64. The molecule has 0 bridgehead atoms. The zero-order valence-electron chi connectivity index (χ0n) is 17.2. The van der Waals surface area contributed by atoms with Crippen LogP contribution < -0.4 is 5.32 Å². The molecule has 2 aromatic carbocycles. The Morgan fingerprint density at radius 3 is 2.13 bits per heavy atom. The van der Waals surface area contributed by atoms with Gasteiger partial charge in [-0.1, -0.05) is 30.3 Å². The summed E-state index contributed by atoms with van der Waals surface area (Å²) in [5, 5.41) is 2.77. The van der Waals surface area contributed by atoms with Crippen LogP contribution in [0.5, 0.6) is 0 Å². The van der Waals surface area contributed by atoms with Crippen molar-refractivity contribution < 1.29 is 18.0 Å². The van der Waals surface area contributed by atoms with E-state index in [1.54, 1.807) is 54.6 Å². The fourth-order valence-electron chi connectivity index (χ4n) is 3.54. The maximum atomic E-state index is 13.0. The first-order valence-electron chi connectivity index (χ1n) is 9.95. The van der Waals surface area contributed by atoms with Crippen LogP contribution in [0.15, 0.2) is 54.6 Å². The van der Waals surface area contributed by atoms with Crippen LogP contribution >= 0.6 is 0 Å². The Balaban J connectivity index is 1.76. The van der Waals surface area contributed by atoms with Gasteiger partial charge in [-0.3, -0.25) is 9.59 Å². The molecule has 2 amide bonds. The highest BCUT2D eigenvalue weighted by Gasteiger charge is 2.30. The number of likely N-dealkylation sites (N-methyl/N-ethyl adjacent to an activating group) is 1. The lowest BCUT2D eigenvalue weighted by Crippen LogP contribution is -2.38. The van der Waals surface area contributed by atoms with Crippen LogP contribution in [0.2, 0.25) is 0 Å². The summed E-state index contributed by atoms with van der Waals surface area (Å²) >= 11 is 0. The third-order valence-corrected chi connectivity index (χ3v) is 6.55. The van der Waals surface area contributed by atoms with Crippen molar-refractivity contribution in [1.29, 1.82) is 0 Å². The molecule has 160 valence electrons. The average Bonchev–Trinajstić information content (AvgIpc) is 2.74. The van der Waals surface area contributed by atoms with Crippen molar-refractivity contribution in [2.75, 3.05) is 31.7 Å². The van der Waals surface area contributed by atoms with E-state index in [0.29, 0.717) is 16.8 Å². The molecule has 0 aromatic heterocycles. The number of nitrogens with zero attached hydrogens (tertiary/aromatic N) is 2. The summed E-state index contributed by atoms with van der Waals surface area (Å²) in [6.07, 6.45) is 4.26. The summed E-state index contributed by atoms with van der Waals surface area (Å²) in [4.78, 5) is 27.4. The van der Waals surface area contributed by atoms with Crippen molar-refractivity contribution in [2.24, 2.45) is 0 Å². The second-order valence-corrected chi connectivity index (χ2v) is 9.55. The van der Waals surface area contributed by atoms with E-state index in [2.05, 4.69) is 5.32 Å². The number of piperidine rings is 1. The number of benzene rings is 2. The van der Waals surface area contributed by atoms with Crippen LogP contribution in [0, 0.1) is 0 Å². The van der Waals surface area contributed by atoms with Gasteiger partial charge in [-0.05, 0) is 49.1 Å². The maximum Gasteiger partial charge on any atom is 0.253 e. The van der Waals surface area contributed by atoms with Gasteiger partial charge in [-0.2, -0.15) is 4.31 Å². The third kappa shape index (κ3) is 5.25. The molecule has 8 heteroatoms. The van der Waals surface area contributed by atoms with Crippen molar-refractivity contribution in [1.82, 2.24) is 9.21 Å². The predicted octanol–water partition coefficient (Wildman–Crippen LogP) is 2.88. The minimum absolute atomic E-state index is 0.00783. The van der Waals surface area contributed by atoms with Crippen molar-refractivity contribution in [3.63, 3.8) is 0 Å². The Hall–Kier alpha value is -2.71. The first-order valence-corrected chi connectivity index (χ1v) is 11.8. The molecule has 30 heavy (non-hydrogen) atoms. The number of hydrogen-bond donors (Lipinski definition) is 1. The molecule has 1 aliphatic heterocycles. The average molecular weight is 430 g/mol. The van der Waals surface area contributed by atoms with Crippen LogP contribution in [-0.4, -0.2) is 55.8 Å². The van der Waals surface area contributed by atoms with Gasteiger partial charge in [0.1, 0.15) is 6.04 Å². The number of rotatable bonds is 6. The van der Waals surface area contributed by atoms with Gasteiger partial charge >= 0.3 is 0 Å². The fourth-order valence-corrected chi connectivity index (χ4v) is 4.14. The molecule has 1 N–H and O–H groups in total. The van der Waals surface area contributed by atoms with Gasteiger partial charge in [0.25, 0.3) is 5.91 Å². The minimum atomic E-state index is -3.60. The number of carbonyl (C=O) groups excluding carboxylic acids is 2. The zero-order chi connectivity index (χ0) is 21.7. The highest BCUT2D eigenvalue weighted by molar-refractivity contribution is 7.88. The van der Waals surface area contributed by atoms with E-state index in [0.717, 1.165) is 42.9 Å². The lowest BCUT2D eigenvalue weighted by molar-refractivity contribution is -0.119. The number of likely N-dealkylation sites (tertiary alicyclic amines) is 1. The number of hydrogen-bond acceptors (Lipinski definition) is 4. The normalized spacial score (nSPS) is 15.6. The summed E-state index contributed by atoms with van der Waals surface area (Å²) in [6, 6.07) is 14.4. The molecule has 1 aliphatic rings. The Morgan fingerprint density at radius 1 is 0.967 bits per heavy atom. The van der Waals surface area contributed by atoms with Crippen LogP contribution in [0.1, 0.15) is 41.2 Å². The largest absolute Gasteiger partial charge is 0.339 e. The highest BCUT2D eigenvalue weighted by atomic mass is 32.2. The molecule has 0 spiro atoms. The molecule has 0 radical (unpaired) electrons. The molecule has 0 unspecified atom stereocenters. The molecule has 1 heterocycles. The van der Waals surface area contributed by atoms with E-state index in [1.807, 2.05) is 4.90 Å². The van der Waals surface area contributed by atoms with Gasteiger partial charge in [0.05, 0.1) is 6.26 Å². The number of sulfonamides is 1. The van der Waals surface area contributed by atoms with Gasteiger partial charge in [0, 0.05) is 31.4 Å². The first kappa shape index (κ1) is 22.0. The van der Waals surface area contributed by atoms with Gasteiger partial charge in [-0.25, -0.2) is 8.42 Å². The Labute approximate surface area is 177 Å². The lowest BCUT2D eigenvalue weighted by atomic mass is 10.1. The Morgan fingerprint density at radius 2 is 1.57 bits per heavy atom. The van der Waals surface area contributed by atoms with Crippen molar-refractivity contribution >= 4 is 27.5 Å².